The zero-order valence-electron chi connectivity index (χ0n) is 23.8. The highest BCUT2D eigenvalue weighted by Gasteiger charge is 2.20. The van der Waals surface area contributed by atoms with Gasteiger partial charge in [-0.2, -0.15) is 0 Å². The monoisotopic (exact) mass is 597 g/mol. The van der Waals surface area contributed by atoms with Crippen molar-refractivity contribution in [1.82, 2.24) is 5.32 Å². The fourth-order valence-electron chi connectivity index (χ4n) is 4.05. The van der Waals surface area contributed by atoms with Crippen LogP contribution in [-0.4, -0.2) is 29.6 Å². The van der Waals surface area contributed by atoms with Crippen molar-refractivity contribution < 1.29 is 23.5 Å². The van der Waals surface area contributed by atoms with Crippen LogP contribution in [0.1, 0.15) is 36.2 Å². The summed E-state index contributed by atoms with van der Waals surface area (Å²) in [4.78, 5) is 40.0. The van der Waals surface area contributed by atoms with Gasteiger partial charge in [-0.1, -0.05) is 49.4 Å². The standard InChI is InChI=1S/C34H32FN3O4S/c1-3-31(34(41)36-25-17-19-27(20-18-25)42-4-2)43-28-15-10-14-26(22-28)37-33(40)30(21-24-13-8-9-16-29(24)35)38-32(39)23-11-6-5-7-12-23/h5-22,31H,3-4H2,1-2H3,(H,36,41)(H,37,40)(H,38,39)/b30-21-. The van der Waals surface area contributed by atoms with Crippen LogP contribution in [0.25, 0.3) is 6.08 Å². The maximum atomic E-state index is 14.4. The Morgan fingerprint density at radius 3 is 2.26 bits per heavy atom. The van der Waals surface area contributed by atoms with Crippen molar-refractivity contribution in [3.8, 4) is 5.75 Å². The summed E-state index contributed by atoms with van der Waals surface area (Å²) in [7, 11) is 0. The number of halogens is 1. The van der Waals surface area contributed by atoms with E-state index in [1.165, 1.54) is 30.0 Å². The predicted molar refractivity (Wildman–Crippen MR) is 170 cm³/mol. The molecular formula is C34H32FN3O4S. The third kappa shape index (κ3) is 9.05. The average Bonchev–Trinajstić information content (AvgIpc) is 3.02. The zero-order valence-corrected chi connectivity index (χ0v) is 24.6. The molecule has 4 rings (SSSR count). The van der Waals surface area contributed by atoms with Gasteiger partial charge in [-0.15, -0.1) is 11.8 Å². The molecule has 9 heteroatoms. The number of thioether (sulfide) groups is 1. The van der Waals surface area contributed by atoms with Crippen molar-refractivity contribution in [1.29, 1.82) is 0 Å². The van der Waals surface area contributed by atoms with Crippen molar-refractivity contribution in [3.05, 3.63) is 126 Å². The van der Waals surface area contributed by atoms with Crippen LogP contribution in [0.15, 0.2) is 114 Å². The maximum Gasteiger partial charge on any atom is 0.272 e. The highest BCUT2D eigenvalue weighted by Crippen LogP contribution is 2.29. The number of hydrogen-bond acceptors (Lipinski definition) is 5. The number of ether oxygens (including phenoxy) is 1. The Morgan fingerprint density at radius 2 is 1.56 bits per heavy atom. The number of carbonyl (C=O) groups is 3. The summed E-state index contributed by atoms with van der Waals surface area (Å²) in [6, 6.07) is 28.6. The lowest BCUT2D eigenvalue weighted by atomic mass is 10.1. The van der Waals surface area contributed by atoms with Crippen LogP contribution in [0.2, 0.25) is 0 Å². The molecule has 0 aromatic heterocycles. The Bertz CT molecular complexity index is 1590. The minimum absolute atomic E-state index is 0.127. The highest BCUT2D eigenvalue weighted by atomic mass is 32.2. The molecule has 4 aromatic carbocycles. The van der Waals surface area contributed by atoms with Crippen molar-refractivity contribution in [3.63, 3.8) is 0 Å². The van der Waals surface area contributed by atoms with E-state index in [1.54, 1.807) is 84.9 Å². The van der Waals surface area contributed by atoms with Crippen molar-refractivity contribution >= 4 is 46.9 Å². The fraction of sp³-hybridized carbons (Fsp3) is 0.147. The van der Waals surface area contributed by atoms with Gasteiger partial charge in [0, 0.05) is 27.4 Å². The Morgan fingerprint density at radius 1 is 0.837 bits per heavy atom. The molecule has 1 unspecified atom stereocenters. The fourth-order valence-corrected chi connectivity index (χ4v) is 5.06. The number of carbonyl (C=O) groups excluding carboxylic acids is 3. The lowest BCUT2D eigenvalue weighted by molar-refractivity contribution is -0.116. The van der Waals surface area contributed by atoms with Crippen molar-refractivity contribution in [2.24, 2.45) is 0 Å². The summed E-state index contributed by atoms with van der Waals surface area (Å²) in [5, 5.41) is 7.95. The zero-order chi connectivity index (χ0) is 30.6. The first-order valence-electron chi connectivity index (χ1n) is 13.8. The molecule has 0 heterocycles. The second-order valence-corrected chi connectivity index (χ2v) is 10.6. The maximum absolute atomic E-state index is 14.4. The van der Waals surface area contributed by atoms with E-state index in [-0.39, 0.29) is 22.4 Å². The number of hydrogen-bond donors (Lipinski definition) is 3. The van der Waals surface area contributed by atoms with Crippen LogP contribution in [0.3, 0.4) is 0 Å². The molecule has 1 atom stereocenters. The minimum atomic E-state index is -0.630. The number of amides is 3. The SMILES string of the molecule is CCOc1ccc(NC(=O)C(CC)Sc2cccc(NC(=O)/C(=C/c3ccccc3F)NC(=O)c3ccccc3)c2)cc1. The largest absolute Gasteiger partial charge is 0.494 e. The molecule has 43 heavy (non-hydrogen) atoms. The van der Waals surface area contributed by atoms with E-state index in [2.05, 4.69) is 16.0 Å². The van der Waals surface area contributed by atoms with Crippen LogP contribution < -0.4 is 20.7 Å². The quantitative estimate of drug-likeness (QED) is 0.119. The molecule has 0 fully saturated rings. The van der Waals surface area contributed by atoms with E-state index in [0.717, 1.165) is 10.6 Å². The molecule has 0 saturated heterocycles. The third-order valence-electron chi connectivity index (χ3n) is 6.20. The molecule has 0 aliphatic carbocycles. The lowest BCUT2D eigenvalue weighted by Gasteiger charge is -2.16. The Labute approximate surface area is 254 Å². The molecule has 220 valence electrons. The number of benzene rings is 4. The van der Waals surface area contributed by atoms with Gasteiger partial charge in [0.15, 0.2) is 0 Å². The van der Waals surface area contributed by atoms with Gasteiger partial charge in [0.25, 0.3) is 11.8 Å². The molecule has 4 aromatic rings. The van der Waals surface area contributed by atoms with E-state index in [1.807, 2.05) is 19.9 Å². The molecule has 0 radical (unpaired) electrons. The van der Waals surface area contributed by atoms with Crippen LogP contribution >= 0.6 is 11.8 Å². The van der Waals surface area contributed by atoms with Gasteiger partial charge in [-0.3, -0.25) is 14.4 Å². The second kappa shape index (κ2) is 15.4. The van der Waals surface area contributed by atoms with Gasteiger partial charge in [-0.05, 0) is 80.1 Å². The van der Waals surface area contributed by atoms with Crippen LogP contribution in [0.5, 0.6) is 5.75 Å². The number of anilines is 2. The second-order valence-electron chi connectivity index (χ2n) is 9.34. The molecule has 0 aliphatic rings. The average molecular weight is 598 g/mol. The molecule has 0 spiro atoms. The Balaban J connectivity index is 1.47. The van der Waals surface area contributed by atoms with Crippen LogP contribution in [-0.2, 0) is 9.59 Å². The lowest BCUT2D eigenvalue weighted by Crippen LogP contribution is -2.30. The van der Waals surface area contributed by atoms with Gasteiger partial charge in [0.2, 0.25) is 5.91 Å². The van der Waals surface area contributed by atoms with E-state index in [9.17, 15) is 18.8 Å². The van der Waals surface area contributed by atoms with Gasteiger partial charge < -0.3 is 20.7 Å². The molecule has 0 saturated carbocycles. The van der Waals surface area contributed by atoms with Gasteiger partial charge in [0.05, 0.1) is 11.9 Å². The van der Waals surface area contributed by atoms with E-state index < -0.39 is 17.6 Å². The van der Waals surface area contributed by atoms with E-state index in [0.29, 0.717) is 30.0 Å². The van der Waals surface area contributed by atoms with Crippen molar-refractivity contribution in [2.75, 3.05) is 17.2 Å². The van der Waals surface area contributed by atoms with Gasteiger partial charge in [-0.25, -0.2) is 4.39 Å². The first kappa shape index (κ1) is 31.1. The van der Waals surface area contributed by atoms with E-state index >= 15 is 0 Å². The van der Waals surface area contributed by atoms with Crippen LogP contribution in [0, 0.1) is 5.82 Å². The first-order chi connectivity index (χ1) is 20.9. The minimum Gasteiger partial charge on any atom is -0.494 e. The summed E-state index contributed by atoms with van der Waals surface area (Å²) in [6.07, 6.45) is 1.87. The molecular weight excluding hydrogens is 565 g/mol. The molecule has 0 bridgehead atoms. The Hall–Kier alpha value is -4.89. The summed E-state index contributed by atoms with van der Waals surface area (Å²) in [5.74, 6) is -1.09. The third-order valence-corrected chi connectivity index (χ3v) is 7.56. The molecule has 0 aliphatic heterocycles. The van der Waals surface area contributed by atoms with E-state index in [4.69, 9.17) is 4.74 Å². The normalized spacial score (nSPS) is 11.7. The topological polar surface area (TPSA) is 96.5 Å². The molecule has 7 nitrogen and oxygen atoms in total. The summed E-state index contributed by atoms with van der Waals surface area (Å²) >= 11 is 1.37. The molecule has 3 amide bonds. The summed E-state index contributed by atoms with van der Waals surface area (Å²) in [6.45, 7) is 4.39. The van der Waals surface area contributed by atoms with Crippen LogP contribution in [0.4, 0.5) is 15.8 Å². The highest BCUT2D eigenvalue weighted by molar-refractivity contribution is 8.00. The predicted octanol–water partition coefficient (Wildman–Crippen LogP) is 7.14. The smallest absolute Gasteiger partial charge is 0.272 e. The Kier molecular flexibility index (Phi) is 11.1. The van der Waals surface area contributed by atoms with Gasteiger partial charge in [0.1, 0.15) is 17.3 Å². The summed E-state index contributed by atoms with van der Waals surface area (Å²) in [5.41, 5.74) is 1.49. The van der Waals surface area contributed by atoms with Crippen molar-refractivity contribution in [2.45, 2.75) is 30.4 Å². The number of rotatable bonds is 12. The molecule has 3 N–H and O–H groups in total. The van der Waals surface area contributed by atoms with Gasteiger partial charge >= 0.3 is 0 Å². The summed E-state index contributed by atoms with van der Waals surface area (Å²) < 4.78 is 19.9. The number of nitrogens with one attached hydrogen (secondary N) is 3. The first-order valence-corrected chi connectivity index (χ1v) is 14.7.